The van der Waals surface area contributed by atoms with E-state index in [1.54, 1.807) is 18.7 Å². The van der Waals surface area contributed by atoms with Gasteiger partial charge in [-0.25, -0.2) is 0 Å². The van der Waals surface area contributed by atoms with Crippen LogP contribution in [0.4, 0.5) is 0 Å². The average Bonchev–Trinajstić information content (AvgIpc) is 2.82. The van der Waals surface area contributed by atoms with Crippen molar-refractivity contribution in [3.05, 3.63) is 11.7 Å². The number of carboxylic acids is 1. The monoisotopic (exact) mass is 281 g/mol. The molecule has 20 heavy (non-hydrogen) atoms. The molecule has 2 heterocycles. The predicted octanol–water partition coefficient (Wildman–Crippen LogP) is 1.02. The summed E-state index contributed by atoms with van der Waals surface area (Å²) in [6.45, 7) is 4.44. The van der Waals surface area contributed by atoms with Crippen molar-refractivity contribution in [1.29, 1.82) is 0 Å². The Labute approximate surface area is 117 Å². The van der Waals surface area contributed by atoms with Crippen LogP contribution in [-0.4, -0.2) is 45.1 Å². The van der Waals surface area contributed by atoms with Gasteiger partial charge in [0.1, 0.15) is 0 Å². The van der Waals surface area contributed by atoms with Gasteiger partial charge >= 0.3 is 5.97 Å². The van der Waals surface area contributed by atoms with E-state index in [9.17, 15) is 9.59 Å². The first-order chi connectivity index (χ1) is 9.40. The quantitative estimate of drug-likeness (QED) is 0.885. The van der Waals surface area contributed by atoms with Gasteiger partial charge in [0.15, 0.2) is 5.82 Å². The third-order valence-electron chi connectivity index (χ3n) is 3.86. The number of nitrogens with zero attached hydrogens (tertiary/aromatic N) is 3. The average molecular weight is 281 g/mol. The molecule has 1 aliphatic rings. The number of carbonyl (C=O) groups excluding carboxylic acids is 1. The molecule has 0 bridgehead atoms. The van der Waals surface area contributed by atoms with Crippen LogP contribution in [0.5, 0.6) is 0 Å². The van der Waals surface area contributed by atoms with E-state index in [4.69, 9.17) is 9.63 Å². The number of carbonyl (C=O) groups is 2. The molecule has 1 aliphatic heterocycles. The fourth-order valence-corrected chi connectivity index (χ4v) is 2.28. The second kappa shape index (κ2) is 5.60. The lowest BCUT2D eigenvalue weighted by Crippen LogP contribution is -2.45. The topological polar surface area (TPSA) is 96.5 Å². The number of hydrogen-bond donors (Lipinski definition) is 1. The van der Waals surface area contributed by atoms with Gasteiger partial charge in [-0.15, -0.1) is 0 Å². The summed E-state index contributed by atoms with van der Waals surface area (Å²) in [6, 6.07) is 0. The predicted molar refractivity (Wildman–Crippen MR) is 68.9 cm³/mol. The van der Waals surface area contributed by atoms with Gasteiger partial charge in [0.25, 0.3) is 0 Å². The second-order valence-corrected chi connectivity index (χ2v) is 5.48. The summed E-state index contributed by atoms with van der Waals surface area (Å²) >= 11 is 0. The van der Waals surface area contributed by atoms with E-state index < -0.39 is 11.4 Å². The number of aliphatic carboxylic acids is 1. The number of aromatic nitrogens is 2. The van der Waals surface area contributed by atoms with Gasteiger partial charge in [-0.3, -0.25) is 9.59 Å². The Kier molecular flexibility index (Phi) is 4.06. The van der Waals surface area contributed by atoms with Crippen LogP contribution in [0.15, 0.2) is 4.52 Å². The van der Waals surface area contributed by atoms with Gasteiger partial charge in [0.05, 0.1) is 5.41 Å². The zero-order chi connectivity index (χ0) is 14.8. The molecule has 1 saturated heterocycles. The fraction of sp³-hybridized carbons (Fsp3) is 0.692. The molecule has 0 atom stereocenters. The van der Waals surface area contributed by atoms with Crippen molar-refractivity contribution in [3.63, 3.8) is 0 Å². The highest BCUT2D eigenvalue weighted by Crippen LogP contribution is 2.31. The van der Waals surface area contributed by atoms with Crippen LogP contribution in [0.3, 0.4) is 0 Å². The van der Waals surface area contributed by atoms with Crippen LogP contribution in [-0.2, 0) is 16.0 Å². The summed E-state index contributed by atoms with van der Waals surface area (Å²) in [7, 11) is 0. The number of likely N-dealkylation sites (tertiary alicyclic amines) is 1. The highest BCUT2D eigenvalue weighted by molar-refractivity contribution is 5.78. The van der Waals surface area contributed by atoms with Crippen molar-refractivity contribution >= 4 is 11.9 Å². The van der Waals surface area contributed by atoms with Crippen molar-refractivity contribution in [1.82, 2.24) is 15.0 Å². The highest BCUT2D eigenvalue weighted by atomic mass is 16.5. The summed E-state index contributed by atoms with van der Waals surface area (Å²) in [5.41, 5.74) is -0.708. The molecule has 110 valence electrons. The first-order valence-corrected chi connectivity index (χ1v) is 6.71. The number of carboxylic acid groups (broad SMARTS) is 1. The molecular formula is C13H19N3O4. The van der Waals surface area contributed by atoms with Crippen molar-refractivity contribution in [2.75, 3.05) is 13.1 Å². The zero-order valence-electron chi connectivity index (χ0n) is 11.8. The Morgan fingerprint density at radius 1 is 1.40 bits per heavy atom. The number of amides is 1. The maximum Gasteiger partial charge on any atom is 0.309 e. The lowest BCUT2D eigenvalue weighted by molar-refractivity contribution is -0.153. The maximum atomic E-state index is 12.0. The summed E-state index contributed by atoms with van der Waals surface area (Å²) in [5, 5.41) is 12.8. The Hall–Kier alpha value is -1.92. The van der Waals surface area contributed by atoms with Crippen molar-refractivity contribution in [2.45, 2.75) is 39.5 Å². The van der Waals surface area contributed by atoms with Crippen LogP contribution < -0.4 is 0 Å². The number of rotatable bonds is 4. The lowest BCUT2D eigenvalue weighted by Gasteiger charge is -2.36. The first kappa shape index (κ1) is 14.5. The fourth-order valence-electron chi connectivity index (χ4n) is 2.28. The Balaban J connectivity index is 1.81. The summed E-state index contributed by atoms with van der Waals surface area (Å²) in [4.78, 5) is 28.9. The molecule has 1 aromatic rings. The first-order valence-electron chi connectivity index (χ1n) is 6.71. The largest absolute Gasteiger partial charge is 0.481 e. The van der Waals surface area contributed by atoms with E-state index >= 15 is 0 Å². The van der Waals surface area contributed by atoms with Crippen LogP contribution in [0.2, 0.25) is 0 Å². The Morgan fingerprint density at radius 2 is 2.05 bits per heavy atom. The van der Waals surface area contributed by atoms with Crippen LogP contribution in [0.25, 0.3) is 0 Å². The molecule has 0 aliphatic carbocycles. The molecule has 1 aromatic heterocycles. The third-order valence-corrected chi connectivity index (χ3v) is 3.86. The van der Waals surface area contributed by atoms with Gasteiger partial charge in [-0.1, -0.05) is 5.16 Å². The molecule has 1 amide bonds. The minimum Gasteiger partial charge on any atom is -0.481 e. The van der Waals surface area contributed by atoms with Crippen molar-refractivity contribution in [3.8, 4) is 0 Å². The van der Waals surface area contributed by atoms with Crippen molar-refractivity contribution in [2.24, 2.45) is 5.41 Å². The smallest absolute Gasteiger partial charge is 0.309 e. The Bertz CT molecular complexity index is 503. The molecule has 0 unspecified atom stereocenters. The van der Waals surface area contributed by atoms with Gasteiger partial charge < -0.3 is 14.5 Å². The van der Waals surface area contributed by atoms with E-state index in [-0.39, 0.29) is 5.91 Å². The number of hydrogen-bond acceptors (Lipinski definition) is 5. The number of aryl methyl sites for hydroxylation is 2. The molecule has 7 heteroatoms. The minimum atomic E-state index is -0.786. The van der Waals surface area contributed by atoms with E-state index in [1.807, 2.05) is 0 Å². The Morgan fingerprint density at radius 3 is 2.55 bits per heavy atom. The normalized spacial score (nSPS) is 18.0. The summed E-state index contributed by atoms with van der Waals surface area (Å²) < 4.78 is 4.96. The molecule has 1 fully saturated rings. The molecule has 1 N–H and O–H groups in total. The molecule has 0 radical (unpaired) electrons. The molecule has 0 spiro atoms. The van der Waals surface area contributed by atoms with E-state index in [1.165, 1.54) is 0 Å². The van der Waals surface area contributed by atoms with Crippen LogP contribution in [0, 0.1) is 12.3 Å². The van der Waals surface area contributed by atoms with Crippen LogP contribution in [0.1, 0.15) is 37.9 Å². The van der Waals surface area contributed by atoms with Crippen molar-refractivity contribution < 1.29 is 19.2 Å². The molecule has 2 rings (SSSR count). The van der Waals surface area contributed by atoms with Gasteiger partial charge in [0.2, 0.25) is 11.8 Å². The maximum absolute atomic E-state index is 12.0. The second-order valence-electron chi connectivity index (χ2n) is 5.48. The van der Waals surface area contributed by atoms with E-state index in [0.29, 0.717) is 50.5 Å². The number of piperidine rings is 1. The van der Waals surface area contributed by atoms with Crippen LogP contribution >= 0.6 is 0 Å². The zero-order valence-corrected chi connectivity index (χ0v) is 11.8. The standard InChI is InChI=1S/C13H19N3O4/c1-9-14-10(20-15-9)3-4-11(17)16-7-5-13(2,6-8-16)12(18)19/h3-8H2,1-2H3,(H,18,19). The molecule has 0 aromatic carbocycles. The van der Waals surface area contributed by atoms with Gasteiger partial charge in [0, 0.05) is 25.9 Å². The molecule has 7 nitrogen and oxygen atoms in total. The lowest BCUT2D eigenvalue weighted by atomic mass is 9.80. The third kappa shape index (κ3) is 3.15. The SMILES string of the molecule is Cc1noc(CCC(=O)N2CCC(C)(C(=O)O)CC2)n1. The summed E-state index contributed by atoms with van der Waals surface area (Å²) in [5.74, 6) is 0.241. The van der Waals surface area contributed by atoms with Gasteiger partial charge in [-0.05, 0) is 26.7 Å². The molecule has 0 saturated carbocycles. The summed E-state index contributed by atoms with van der Waals surface area (Å²) in [6.07, 6.45) is 1.72. The highest BCUT2D eigenvalue weighted by Gasteiger charge is 2.37. The van der Waals surface area contributed by atoms with Gasteiger partial charge in [-0.2, -0.15) is 4.98 Å². The van der Waals surface area contributed by atoms with E-state index in [0.717, 1.165) is 0 Å². The van der Waals surface area contributed by atoms with E-state index in [2.05, 4.69) is 10.1 Å². The molecular weight excluding hydrogens is 262 g/mol. The minimum absolute atomic E-state index is 0.00768.